The van der Waals surface area contributed by atoms with Crippen LogP contribution in [0.5, 0.6) is 0 Å². The molecule has 0 amide bonds. The minimum absolute atomic E-state index is 0.355. The lowest BCUT2D eigenvalue weighted by molar-refractivity contribution is -0.147. The monoisotopic (exact) mass is 345 g/mol. The third-order valence-electron chi connectivity index (χ3n) is 5.85. The third kappa shape index (κ3) is 7.92. The molecule has 0 aromatic heterocycles. The van der Waals surface area contributed by atoms with Crippen LogP contribution in [0.2, 0.25) is 0 Å². The lowest BCUT2D eigenvalue weighted by atomic mass is 9.84. The quantitative estimate of drug-likeness (QED) is 0.415. The number of piperidine rings is 1. The van der Waals surface area contributed by atoms with Crippen LogP contribution in [0, 0.1) is 0 Å². The van der Waals surface area contributed by atoms with Crippen LogP contribution in [0.3, 0.4) is 0 Å². The van der Waals surface area contributed by atoms with Gasteiger partial charge in [-0.3, -0.25) is 0 Å². The summed E-state index contributed by atoms with van der Waals surface area (Å²) in [5, 5.41) is 11.8. The van der Waals surface area contributed by atoms with E-state index in [4.69, 9.17) is 0 Å². The van der Waals surface area contributed by atoms with Gasteiger partial charge in [-0.15, -0.1) is 0 Å². The van der Waals surface area contributed by atoms with Crippen LogP contribution in [0.4, 0.5) is 0 Å². The molecule has 1 aromatic rings. The van der Waals surface area contributed by atoms with Gasteiger partial charge < -0.3 is 5.21 Å². The van der Waals surface area contributed by atoms with E-state index in [1.54, 1.807) is 5.06 Å². The SMILES string of the molecule is CCCCCCCCCCCCC1CC(c2ccccc2)CCN1O. The lowest BCUT2D eigenvalue weighted by Gasteiger charge is -2.35. The molecule has 1 fully saturated rings. The van der Waals surface area contributed by atoms with Crippen LogP contribution < -0.4 is 0 Å². The molecular formula is C23H39NO. The van der Waals surface area contributed by atoms with Crippen molar-refractivity contribution in [3.05, 3.63) is 35.9 Å². The molecule has 1 N–H and O–H groups in total. The molecule has 0 radical (unpaired) electrons. The maximum Gasteiger partial charge on any atom is 0.0356 e. The zero-order valence-electron chi connectivity index (χ0n) is 16.3. The summed E-state index contributed by atoms with van der Waals surface area (Å²) in [6, 6.07) is 11.2. The molecule has 0 aliphatic carbocycles. The third-order valence-corrected chi connectivity index (χ3v) is 5.85. The van der Waals surface area contributed by atoms with Gasteiger partial charge in [0.15, 0.2) is 0 Å². The Kier molecular flexibility index (Phi) is 10.2. The minimum Gasteiger partial charge on any atom is -0.314 e. The van der Waals surface area contributed by atoms with Gasteiger partial charge in [0.2, 0.25) is 0 Å². The molecule has 1 heterocycles. The largest absolute Gasteiger partial charge is 0.314 e. The molecule has 1 saturated heterocycles. The number of nitrogens with zero attached hydrogens (tertiary/aromatic N) is 1. The second-order valence-corrected chi connectivity index (χ2v) is 7.92. The van der Waals surface area contributed by atoms with Crippen molar-refractivity contribution in [2.75, 3.05) is 6.54 Å². The van der Waals surface area contributed by atoms with E-state index < -0.39 is 0 Å². The van der Waals surface area contributed by atoms with Gasteiger partial charge in [-0.25, -0.2) is 0 Å². The molecule has 1 aliphatic rings. The Labute approximate surface area is 155 Å². The highest BCUT2D eigenvalue weighted by atomic mass is 16.5. The second kappa shape index (κ2) is 12.5. The number of rotatable bonds is 12. The summed E-state index contributed by atoms with van der Waals surface area (Å²) in [6.45, 7) is 3.10. The predicted octanol–water partition coefficient (Wildman–Crippen LogP) is 6.93. The minimum atomic E-state index is 0.355. The average molecular weight is 346 g/mol. The molecule has 1 aliphatic heterocycles. The van der Waals surface area contributed by atoms with Gasteiger partial charge in [0.05, 0.1) is 0 Å². The molecule has 2 atom stereocenters. The number of hydrogen-bond acceptors (Lipinski definition) is 2. The van der Waals surface area contributed by atoms with Crippen molar-refractivity contribution in [1.82, 2.24) is 5.06 Å². The Hall–Kier alpha value is -0.860. The number of benzene rings is 1. The lowest BCUT2D eigenvalue weighted by Crippen LogP contribution is -2.39. The van der Waals surface area contributed by atoms with Crippen molar-refractivity contribution < 1.29 is 5.21 Å². The highest BCUT2D eigenvalue weighted by Gasteiger charge is 2.27. The Morgan fingerprint density at radius 1 is 0.880 bits per heavy atom. The fraction of sp³-hybridized carbons (Fsp3) is 0.739. The molecule has 142 valence electrons. The summed E-state index contributed by atoms with van der Waals surface area (Å²) < 4.78 is 0. The van der Waals surface area contributed by atoms with E-state index in [1.165, 1.54) is 69.8 Å². The molecule has 0 saturated carbocycles. The molecular weight excluding hydrogens is 306 g/mol. The zero-order chi connectivity index (χ0) is 17.7. The summed E-state index contributed by atoms with van der Waals surface area (Å²) in [5.41, 5.74) is 1.45. The Morgan fingerprint density at radius 3 is 2.12 bits per heavy atom. The second-order valence-electron chi connectivity index (χ2n) is 7.92. The number of hydroxylamine groups is 2. The number of unbranched alkanes of at least 4 members (excludes halogenated alkanes) is 9. The maximum atomic E-state index is 10.2. The standard InChI is InChI=1S/C23H39NO/c1-2-3-4-5-6-7-8-9-10-14-17-23-20-22(18-19-24(23)25)21-15-12-11-13-16-21/h11-13,15-16,22-23,25H,2-10,14,17-20H2,1H3. The van der Waals surface area contributed by atoms with E-state index in [2.05, 4.69) is 37.3 Å². The molecule has 2 heteroatoms. The zero-order valence-corrected chi connectivity index (χ0v) is 16.3. The van der Waals surface area contributed by atoms with Gasteiger partial charge in [0.25, 0.3) is 0 Å². The van der Waals surface area contributed by atoms with Gasteiger partial charge in [0.1, 0.15) is 0 Å². The maximum absolute atomic E-state index is 10.2. The van der Waals surface area contributed by atoms with Crippen molar-refractivity contribution in [1.29, 1.82) is 0 Å². The summed E-state index contributed by atoms with van der Waals surface area (Å²) in [5.74, 6) is 0.623. The van der Waals surface area contributed by atoms with Gasteiger partial charge in [-0.2, -0.15) is 5.06 Å². The van der Waals surface area contributed by atoms with Crippen molar-refractivity contribution in [3.8, 4) is 0 Å². The van der Waals surface area contributed by atoms with E-state index in [-0.39, 0.29) is 0 Å². The Balaban J connectivity index is 1.55. The molecule has 2 nitrogen and oxygen atoms in total. The van der Waals surface area contributed by atoms with Crippen molar-refractivity contribution in [2.24, 2.45) is 0 Å². The van der Waals surface area contributed by atoms with Crippen LogP contribution in [-0.2, 0) is 0 Å². The first kappa shape index (κ1) is 20.5. The molecule has 0 bridgehead atoms. The molecule has 25 heavy (non-hydrogen) atoms. The van der Waals surface area contributed by atoms with Crippen molar-refractivity contribution in [3.63, 3.8) is 0 Å². The Bertz CT molecular complexity index is 433. The van der Waals surface area contributed by atoms with Crippen LogP contribution in [0.15, 0.2) is 30.3 Å². The highest BCUT2D eigenvalue weighted by molar-refractivity contribution is 5.20. The van der Waals surface area contributed by atoms with Crippen LogP contribution in [-0.4, -0.2) is 22.9 Å². The van der Waals surface area contributed by atoms with Gasteiger partial charge in [-0.1, -0.05) is 101 Å². The first-order valence-corrected chi connectivity index (χ1v) is 10.8. The number of hydrogen-bond donors (Lipinski definition) is 1. The summed E-state index contributed by atoms with van der Waals surface area (Å²) in [4.78, 5) is 0. The van der Waals surface area contributed by atoms with Gasteiger partial charge >= 0.3 is 0 Å². The Morgan fingerprint density at radius 2 is 1.48 bits per heavy atom. The van der Waals surface area contributed by atoms with E-state index in [9.17, 15) is 5.21 Å². The fourth-order valence-corrected chi connectivity index (χ4v) is 4.20. The topological polar surface area (TPSA) is 23.5 Å². The molecule has 2 rings (SSSR count). The first-order chi connectivity index (χ1) is 12.3. The van der Waals surface area contributed by atoms with Gasteiger partial charge in [0, 0.05) is 12.6 Å². The molecule has 2 unspecified atom stereocenters. The summed E-state index contributed by atoms with van der Waals surface area (Å²) in [7, 11) is 0. The smallest absolute Gasteiger partial charge is 0.0356 e. The van der Waals surface area contributed by atoms with E-state index in [0.717, 1.165) is 25.8 Å². The van der Waals surface area contributed by atoms with E-state index in [1.807, 2.05) is 0 Å². The fourth-order valence-electron chi connectivity index (χ4n) is 4.20. The van der Waals surface area contributed by atoms with Gasteiger partial charge in [-0.05, 0) is 30.7 Å². The van der Waals surface area contributed by atoms with Crippen molar-refractivity contribution in [2.45, 2.75) is 102 Å². The first-order valence-electron chi connectivity index (χ1n) is 10.8. The van der Waals surface area contributed by atoms with Crippen LogP contribution >= 0.6 is 0 Å². The van der Waals surface area contributed by atoms with Crippen molar-refractivity contribution >= 4 is 0 Å². The van der Waals surface area contributed by atoms with E-state index >= 15 is 0 Å². The van der Waals surface area contributed by atoms with Crippen LogP contribution in [0.1, 0.15) is 102 Å². The highest BCUT2D eigenvalue weighted by Crippen LogP contribution is 2.32. The predicted molar refractivity (Wildman–Crippen MR) is 107 cm³/mol. The van der Waals surface area contributed by atoms with E-state index in [0.29, 0.717) is 12.0 Å². The molecule has 1 aromatic carbocycles. The molecule has 0 spiro atoms. The average Bonchev–Trinajstić information content (AvgIpc) is 2.65. The summed E-state index contributed by atoms with van der Waals surface area (Å²) >= 11 is 0. The van der Waals surface area contributed by atoms with Crippen LogP contribution in [0.25, 0.3) is 0 Å². The normalized spacial score (nSPS) is 21.5. The summed E-state index contributed by atoms with van der Waals surface area (Å²) in [6.07, 6.45) is 17.1.